The van der Waals surface area contributed by atoms with Crippen LogP contribution in [0, 0.1) is 18.2 Å². The van der Waals surface area contributed by atoms with Crippen molar-refractivity contribution < 1.29 is 17.6 Å². The summed E-state index contributed by atoms with van der Waals surface area (Å²) in [5.74, 6) is 1.44. The van der Waals surface area contributed by atoms with Gasteiger partial charge in [0.2, 0.25) is 0 Å². The van der Waals surface area contributed by atoms with Gasteiger partial charge in [0.15, 0.2) is 0 Å². The zero-order valence-electron chi connectivity index (χ0n) is 7.74. The molecule has 0 aliphatic heterocycles. The van der Waals surface area contributed by atoms with E-state index in [4.69, 9.17) is 6.42 Å². The standard InChI is InChI=1S/C11H8F4/c1-2-3-4-8-5-6-9(7-10(8)12)11(13,14)15/h1,5-7H,3-4H2. The molecule has 0 N–H and O–H groups in total. The van der Waals surface area contributed by atoms with Crippen LogP contribution in [0.3, 0.4) is 0 Å². The summed E-state index contributed by atoms with van der Waals surface area (Å²) in [5, 5.41) is 0. The second-order valence-corrected chi connectivity index (χ2v) is 3.01. The van der Waals surface area contributed by atoms with Crippen molar-refractivity contribution in [1.82, 2.24) is 0 Å². The Hall–Kier alpha value is -1.50. The third kappa shape index (κ3) is 2.98. The van der Waals surface area contributed by atoms with Gasteiger partial charge < -0.3 is 0 Å². The molecule has 0 atom stereocenters. The first-order valence-corrected chi connectivity index (χ1v) is 4.24. The fourth-order valence-corrected chi connectivity index (χ4v) is 1.13. The van der Waals surface area contributed by atoms with Gasteiger partial charge in [-0.2, -0.15) is 13.2 Å². The van der Waals surface area contributed by atoms with Crippen molar-refractivity contribution in [2.75, 3.05) is 0 Å². The van der Waals surface area contributed by atoms with Gasteiger partial charge in [0.25, 0.3) is 0 Å². The van der Waals surface area contributed by atoms with Crippen LogP contribution in [0.15, 0.2) is 18.2 Å². The molecule has 0 fully saturated rings. The highest BCUT2D eigenvalue weighted by Crippen LogP contribution is 2.30. The van der Waals surface area contributed by atoms with E-state index in [-0.39, 0.29) is 12.0 Å². The van der Waals surface area contributed by atoms with Crippen LogP contribution in [0.25, 0.3) is 0 Å². The van der Waals surface area contributed by atoms with Gasteiger partial charge in [0.1, 0.15) is 5.82 Å². The van der Waals surface area contributed by atoms with Crippen molar-refractivity contribution in [3.8, 4) is 12.3 Å². The molecule has 1 aromatic carbocycles. The molecule has 0 aliphatic rings. The molecule has 15 heavy (non-hydrogen) atoms. The molecule has 0 nitrogen and oxygen atoms in total. The molecule has 0 unspecified atom stereocenters. The third-order valence-corrected chi connectivity index (χ3v) is 1.92. The second-order valence-electron chi connectivity index (χ2n) is 3.01. The van der Waals surface area contributed by atoms with Crippen molar-refractivity contribution in [1.29, 1.82) is 0 Å². The van der Waals surface area contributed by atoms with Crippen LogP contribution in [-0.4, -0.2) is 0 Å². The van der Waals surface area contributed by atoms with E-state index in [1.165, 1.54) is 0 Å². The maximum Gasteiger partial charge on any atom is 0.416 e. The third-order valence-electron chi connectivity index (χ3n) is 1.92. The summed E-state index contributed by atoms with van der Waals surface area (Å²) in [7, 11) is 0. The summed E-state index contributed by atoms with van der Waals surface area (Å²) in [6, 6.07) is 2.47. The van der Waals surface area contributed by atoms with E-state index in [2.05, 4.69) is 5.92 Å². The lowest BCUT2D eigenvalue weighted by molar-refractivity contribution is -0.137. The van der Waals surface area contributed by atoms with Gasteiger partial charge in [-0.3, -0.25) is 0 Å². The highest BCUT2D eigenvalue weighted by Gasteiger charge is 2.30. The van der Waals surface area contributed by atoms with E-state index in [1.807, 2.05) is 0 Å². The Balaban J connectivity index is 2.94. The normalized spacial score (nSPS) is 11.1. The van der Waals surface area contributed by atoms with E-state index in [0.29, 0.717) is 12.5 Å². The molecule has 80 valence electrons. The van der Waals surface area contributed by atoms with E-state index in [0.717, 1.165) is 12.1 Å². The SMILES string of the molecule is C#CCCc1ccc(C(F)(F)F)cc1F. The molecule has 4 heteroatoms. The summed E-state index contributed by atoms with van der Waals surface area (Å²) in [6.07, 6.45) is 1.02. The molecule has 0 aromatic heterocycles. The largest absolute Gasteiger partial charge is 0.416 e. The Morgan fingerprint density at radius 1 is 1.27 bits per heavy atom. The molecule has 1 rings (SSSR count). The van der Waals surface area contributed by atoms with E-state index in [9.17, 15) is 17.6 Å². The molecule has 0 aliphatic carbocycles. The van der Waals surface area contributed by atoms with Crippen LogP contribution in [0.2, 0.25) is 0 Å². The molecule has 0 bridgehead atoms. The van der Waals surface area contributed by atoms with Crippen LogP contribution in [-0.2, 0) is 12.6 Å². The van der Waals surface area contributed by atoms with Crippen molar-refractivity contribution in [3.05, 3.63) is 35.1 Å². The molecule has 0 saturated carbocycles. The topological polar surface area (TPSA) is 0 Å². The van der Waals surface area contributed by atoms with Gasteiger partial charge in [-0.1, -0.05) is 6.07 Å². The molecule has 0 radical (unpaired) electrons. The average Bonchev–Trinajstić information content (AvgIpc) is 2.14. The summed E-state index contributed by atoms with van der Waals surface area (Å²) < 4.78 is 49.6. The van der Waals surface area contributed by atoms with Gasteiger partial charge in [0, 0.05) is 6.42 Å². The maximum absolute atomic E-state index is 13.1. The number of aryl methyl sites for hydroxylation is 1. The van der Waals surface area contributed by atoms with Gasteiger partial charge in [-0.05, 0) is 24.1 Å². The first kappa shape index (κ1) is 11.6. The number of terminal acetylenes is 1. The fraction of sp³-hybridized carbons (Fsp3) is 0.273. The van der Waals surface area contributed by atoms with E-state index in [1.54, 1.807) is 0 Å². The Kier molecular flexibility index (Phi) is 3.35. The molecular formula is C11H8F4. The summed E-state index contributed by atoms with van der Waals surface area (Å²) in [4.78, 5) is 0. The average molecular weight is 216 g/mol. The Labute approximate surface area is 84.9 Å². The predicted molar refractivity (Wildman–Crippen MR) is 48.6 cm³/mol. The number of benzene rings is 1. The maximum atomic E-state index is 13.1. The van der Waals surface area contributed by atoms with Crippen molar-refractivity contribution in [2.24, 2.45) is 0 Å². The number of hydrogen-bond acceptors (Lipinski definition) is 0. The van der Waals surface area contributed by atoms with Gasteiger partial charge in [-0.15, -0.1) is 12.3 Å². The summed E-state index contributed by atoms with van der Waals surface area (Å²) >= 11 is 0. The summed E-state index contributed by atoms with van der Waals surface area (Å²) in [6.45, 7) is 0. The number of alkyl halides is 3. The van der Waals surface area contributed by atoms with E-state index >= 15 is 0 Å². The van der Waals surface area contributed by atoms with Gasteiger partial charge in [-0.25, -0.2) is 4.39 Å². The lowest BCUT2D eigenvalue weighted by Gasteiger charge is -2.08. The van der Waals surface area contributed by atoms with E-state index < -0.39 is 17.6 Å². The van der Waals surface area contributed by atoms with Crippen LogP contribution >= 0.6 is 0 Å². The Morgan fingerprint density at radius 2 is 1.93 bits per heavy atom. The number of halogens is 4. The minimum absolute atomic E-state index is 0.209. The molecular weight excluding hydrogens is 208 g/mol. The van der Waals surface area contributed by atoms with Crippen LogP contribution < -0.4 is 0 Å². The lowest BCUT2D eigenvalue weighted by atomic mass is 10.1. The first-order valence-electron chi connectivity index (χ1n) is 4.24. The van der Waals surface area contributed by atoms with Gasteiger partial charge in [0.05, 0.1) is 5.56 Å². The Morgan fingerprint density at radius 3 is 2.40 bits per heavy atom. The lowest BCUT2D eigenvalue weighted by Crippen LogP contribution is -2.06. The van der Waals surface area contributed by atoms with Crippen LogP contribution in [0.4, 0.5) is 17.6 Å². The van der Waals surface area contributed by atoms with Crippen LogP contribution in [0.5, 0.6) is 0 Å². The minimum Gasteiger partial charge on any atom is -0.207 e. The van der Waals surface area contributed by atoms with Gasteiger partial charge >= 0.3 is 6.18 Å². The highest BCUT2D eigenvalue weighted by atomic mass is 19.4. The zero-order valence-corrected chi connectivity index (χ0v) is 7.74. The van der Waals surface area contributed by atoms with Crippen LogP contribution in [0.1, 0.15) is 17.5 Å². The fourth-order valence-electron chi connectivity index (χ4n) is 1.13. The number of rotatable bonds is 2. The Bertz CT molecular complexity index is 385. The first-order chi connectivity index (χ1) is 6.95. The van der Waals surface area contributed by atoms with Crippen molar-refractivity contribution in [3.63, 3.8) is 0 Å². The molecule has 0 spiro atoms. The monoisotopic (exact) mass is 216 g/mol. The molecule has 0 saturated heterocycles. The summed E-state index contributed by atoms with van der Waals surface area (Å²) in [5.41, 5.74) is -0.773. The smallest absolute Gasteiger partial charge is 0.207 e. The molecule has 0 amide bonds. The number of hydrogen-bond donors (Lipinski definition) is 0. The highest BCUT2D eigenvalue weighted by molar-refractivity contribution is 5.26. The van der Waals surface area contributed by atoms with Crippen molar-refractivity contribution in [2.45, 2.75) is 19.0 Å². The molecule has 1 aromatic rings. The molecule has 0 heterocycles. The zero-order chi connectivity index (χ0) is 11.5. The predicted octanol–water partition coefficient (Wildman–Crippen LogP) is 3.41. The second kappa shape index (κ2) is 4.35. The minimum atomic E-state index is -4.51. The quantitative estimate of drug-likeness (QED) is 0.525. The van der Waals surface area contributed by atoms with Crippen molar-refractivity contribution >= 4 is 0 Å².